The number of anilines is 4. The quantitative estimate of drug-likeness (QED) is 0.272. The number of pyridine rings is 2. The second-order valence-corrected chi connectivity index (χ2v) is 8.60. The van der Waals surface area contributed by atoms with E-state index in [0.29, 0.717) is 28.7 Å². The van der Waals surface area contributed by atoms with E-state index >= 15 is 0 Å². The normalized spacial score (nSPS) is 17.8. The molecule has 0 spiro atoms. The van der Waals surface area contributed by atoms with Gasteiger partial charge in [0, 0.05) is 42.4 Å². The van der Waals surface area contributed by atoms with Crippen molar-refractivity contribution in [3.8, 4) is 0 Å². The van der Waals surface area contributed by atoms with E-state index in [0.717, 1.165) is 31.2 Å². The number of aliphatic hydroxyl groups is 1. The summed E-state index contributed by atoms with van der Waals surface area (Å²) in [5, 5.41) is 23.8. The first kappa shape index (κ1) is 22.7. The van der Waals surface area contributed by atoms with E-state index in [-0.39, 0.29) is 30.3 Å². The molecule has 1 aliphatic carbocycles. The van der Waals surface area contributed by atoms with Crippen molar-refractivity contribution in [2.45, 2.75) is 44.4 Å². The lowest BCUT2D eigenvalue weighted by atomic mass is 9.92. The van der Waals surface area contributed by atoms with Crippen LogP contribution in [0.25, 0.3) is 5.65 Å². The predicted octanol–water partition coefficient (Wildman–Crippen LogP) is 2.69. The van der Waals surface area contributed by atoms with Crippen molar-refractivity contribution in [1.29, 1.82) is 0 Å². The van der Waals surface area contributed by atoms with Crippen molar-refractivity contribution >= 4 is 34.6 Å². The van der Waals surface area contributed by atoms with Gasteiger partial charge in [0.05, 0.1) is 18.5 Å². The summed E-state index contributed by atoms with van der Waals surface area (Å²) in [6, 6.07) is 9.25. The highest BCUT2D eigenvalue weighted by Gasteiger charge is 2.21. The van der Waals surface area contributed by atoms with Gasteiger partial charge < -0.3 is 26.8 Å². The highest BCUT2D eigenvalue weighted by atomic mass is 16.3. The van der Waals surface area contributed by atoms with Crippen LogP contribution in [0.5, 0.6) is 0 Å². The van der Waals surface area contributed by atoms with Crippen LogP contribution in [0, 0.1) is 0 Å². The van der Waals surface area contributed by atoms with Crippen molar-refractivity contribution in [1.82, 2.24) is 24.6 Å². The lowest BCUT2D eigenvalue weighted by molar-refractivity contribution is 0.102. The molecule has 0 bridgehead atoms. The summed E-state index contributed by atoms with van der Waals surface area (Å²) >= 11 is 0. The molecule has 0 saturated heterocycles. The van der Waals surface area contributed by atoms with Gasteiger partial charge in [-0.05, 0) is 55.5 Å². The van der Waals surface area contributed by atoms with Crippen LogP contribution in [0.4, 0.5) is 23.0 Å². The van der Waals surface area contributed by atoms with Gasteiger partial charge in [0.2, 0.25) is 0 Å². The number of hydrogen-bond donors (Lipinski definition) is 5. The number of nitrogens with one attached hydrogen (secondary N) is 3. The molecule has 6 N–H and O–H groups in total. The molecule has 0 aliphatic heterocycles. The Labute approximate surface area is 201 Å². The molecule has 35 heavy (non-hydrogen) atoms. The molecule has 1 fully saturated rings. The van der Waals surface area contributed by atoms with E-state index in [1.54, 1.807) is 42.9 Å². The fourth-order valence-corrected chi connectivity index (χ4v) is 4.17. The van der Waals surface area contributed by atoms with Gasteiger partial charge in [-0.25, -0.2) is 14.5 Å². The SMILES string of the molecule is N[C@H]1CC[C@H](Nc2cc(Nc3cc(CO)ccn3)c3ncc(C(=O)Nc4ccncc4)n3n2)CC1. The highest BCUT2D eigenvalue weighted by molar-refractivity contribution is 6.03. The minimum absolute atomic E-state index is 0.0950. The van der Waals surface area contributed by atoms with Gasteiger partial charge >= 0.3 is 0 Å². The van der Waals surface area contributed by atoms with Gasteiger partial charge in [0.15, 0.2) is 11.3 Å². The number of aliphatic hydroxyl groups excluding tert-OH is 1. The molecule has 0 aromatic carbocycles. The third-order valence-electron chi connectivity index (χ3n) is 6.03. The van der Waals surface area contributed by atoms with Crippen molar-refractivity contribution < 1.29 is 9.90 Å². The molecule has 180 valence electrons. The monoisotopic (exact) mass is 473 g/mol. The smallest absolute Gasteiger partial charge is 0.276 e. The summed E-state index contributed by atoms with van der Waals surface area (Å²) in [6.07, 6.45) is 10.1. The largest absolute Gasteiger partial charge is 0.392 e. The zero-order valence-electron chi connectivity index (χ0n) is 19.1. The fraction of sp³-hybridized carbons (Fsp3) is 0.292. The van der Waals surface area contributed by atoms with E-state index < -0.39 is 0 Å². The number of nitrogens with zero attached hydrogens (tertiary/aromatic N) is 5. The topological polar surface area (TPSA) is 155 Å². The average Bonchev–Trinajstić information content (AvgIpc) is 3.31. The molecule has 1 aliphatic rings. The van der Waals surface area contributed by atoms with E-state index in [1.807, 2.05) is 6.07 Å². The molecule has 0 radical (unpaired) electrons. The van der Waals surface area contributed by atoms with Gasteiger partial charge in [-0.2, -0.15) is 0 Å². The first-order chi connectivity index (χ1) is 17.1. The maximum atomic E-state index is 13.1. The molecular formula is C24H27N9O2. The second kappa shape index (κ2) is 10.0. The van der Waals surface area contributed by atoms with E-state index in [2.05, 4.69) is 36.0 Å². The zero-order valence-corrected chi connectivity index (χ0v) is 19.1. The van der Waals surface area contributed by atoms with Crippen LogP contribution in [0.3, 0.4) is 0 Å². The standard InChI is InChI=1S/C24H27N9O2/c25-16-1-3-17(4-2-16)29-22-12-19(31-21-11-15(14-34)5-10-27-21)23-28-13-20(33(23)32-22)24(35)30-18-6-8-26-9-7-18/h5-13,16-17,34H,1-4,14,25H2,(H,27,31)(H,29,32)(H,26,30,35)/t16-,17-. The number of hydrogen-bond acceptors (Lipinski definition) is 9. The molecule has 5 rings (SSSR count). The molecular weight excluding hydrogens is 446 g/mol. The Kier molecular flexibility index (Phi) is 6.51. The van der Waals surface area contributed by atoms with Gasteiger partial charge in [0.1, 0.15) is 11.6 Å². The van der Waals surface area contributed by atoms with Crippen LogP contribution in [0.15, 0.2) is 55.1 Å². The number of rotatable bonds is 7. The van der Waals surface area contributed by atoms with Crippen LogP contribution >= 0.6 is 0 Å². The fourth-order valence-electron chi connectivity index (χ4n) is 4.17. The predicted molar refractivity (Wildman–Crippen MR) is 132 cm³/mol. The van der Waals surface area contributed by atoms with Crippen molar-refractivity contribution in [2.24, 2.45) is 5.73 Å². The third-order valence-corrected chi connectivity index (χ3v) is 6.03. The number of carbonyl (C=O) groups is 1. The Balaban J connectivity index is 1.50. The van der Waals surface area contributed by atoms with Crippen LogP contribution < -0.4 is 21.7 Å². The minimum atomic E-state index is -0.344. The summed E-state index contributed by atoms with van der Waals surface area (Å²) in [6.45, 7) is -0.0950. The van der Waals surface area contributed by atoms with Crippen molar-refractivity contribution in [3.05, 3.63) is 66.4 Å². The Morgan fingerprint density at radius 3 is 2.63 bits per heavy atom. The first-order valence-corrected chi connectivity index (χ1v) is 11.5. The summed E-state index contributed by atoms with van der Waals surface area (Å²) in [7, 11) is 0. The highest BCUT2D eigenvalue weighted by Crippen LogP contribution is 2.27. The van der Waals surface area contributed by atoms with Gasteiger partial charge in [-0.15, -0.1) is 5.10 Å². The molecule has 0 atom stereocenters. The minimum Gasteiger partial charge on any atom is -0.392 e. The van der Waals surface area contributed by atoms with Gasteiger partial charge in [-0.3, -0.25) is 9.78 Å². The molecule has 4 aromatic heterocycles. The molecule has 0 unspecified atom stereocenters. The Morgan fingerprint density at radius 2 is 1.86 bits per heavy atom. The van der Waals surface area contributed by atoms with Gasteiger partial charge in [-0.1, -0.05) is 0 Å². The average molecular weight is 474 g/mol. The van der Waals surface area contributed by atoms with Gasteiger partial charge in [0.25, 0.3) is 5.91 Å². The molecule has 4 aromatic rings. The molecule has 11 heteroatoms. The number of carbonyl (C=O) groups excluding carboxylic acids is 1. The van der Waals surface area contributed by atoms with E-state index in [9.17, 15) is 9.90 Å². The molecule has 11 nitrogen and oxygen atoms in total. The Morgan fingerprint density at radius 1 is 1.06 bits per heavy atom. The summed E-state index contributed by atoms with van der Waals surface area (Å²) < 4.78 is 1.52. The number of nitrogens with two attached hydrogens (primary N) is 1. The van der Waals surface area contributed by atoms with E-state index in [1.165, 1.54) is 10.7 Å². The number of amides is 1. The number of aromatic nitrogens is 5. The lowest BCUT2D eigenvalue weighted by Crippen LogP contribution is -2.33. The Hall–Kier alpha value is -4.09. The second-order valence-electron chi connectivity index (χ2n) is 8.60. The van der Waals surface area contributed by atoms with Crippen molar-refractivity contribution in [2.75, 3.05) is 16.0 Å². The zero-order chi connectivity index (χ0) is 24.2. The first-order valence-electron chi connectivity index (χ1n) is 11.5. The van der Waals surface area contributed by atoms with E-state index in [4.69, 9.17) is 5.73 Å². The lowest BCUT2D eigenvalue weighted by Gasteiger charge is -2.27. The maximum Gasteiger partial charge on any atom is 0.276 e. The molecule has 4 heterocycles. The maximum absolute atomic E-state index is 13.1. The van der Waals surface area contributed by atoms with Crippen LogP contribution in [0.2, 0.25) is 0 Å². The Bertz CT molecular complexity index is 1320. The van der Waals surface area contributed by atoms with Crippen LogP contribution in [-0.4, -0.2) is 47.7 Å². The number of imidazole rings is 1. The molecule has 1 saturated carbocycles. The van der Waals surface area contributed by atoms with Crippen LogP contribution in [0.1, 0.15) is 41.7 Å². The third kappa shape index (κ3) is 5.20. The van der Waals surface area contributed by atoms with Crippen molar-refractivity contribution in [3.63, 3.8) is 0 Å². The summed E-state index contributed by atoms with van der Waals surface area (Å²) in [5.41, 5.74) is 8.79. The summed E-state index contributed by atoms with van der Waals surface area (Å²) in [4.78, 5) is 25.8. The summed E-state index contributed by atoms with van der Waals surface area (Å²) in [5.74, 6) is 0.808. The molecule has 1 amide bonds. The number of fused-ring (bicyclic) bond motifs is 1. The van der Waals surface area contributed by atoms with Crippen LogP contribution in [-0.2, 0) is 6.61 Å².